The molecule has 1 aromatic carbocycles. The molecular formula is C15H18BrNO2S. The van der Waals surface area contributed by atoms with Crippen molar-refractivity contribution < 1.29 is 9.47 Å². The topological polar surface area (TPSA) is 30.5 Å². The van der Waals surface area contributed by atoms with Crippen molar-refractivity contribution in [3.63, 3.8) is 0 Å². The van der Waals surface area contributed by atoms with Gasteiger partial charge in [-0.2, -0.15) is 0 Å². The highest BCUT2D eigenvalue weighted by Gasteiger charge is 2.10. The molecule has 2 aromatic rings. The van der Waals surface area contributed by atoms with Gasteiger partial charge >= 0.3 is 0 Å². The predicted molar refractivity (Wildman–Crippen MR) is 86.8 cm³/mol. The highest BCUT2D eigenvalue weighted by Crippen LogP contribution is 2.36. The number of thiophene rings is 1. The third-order valence-corrected chi connectivity index (χ3v) is 4.51. The number of halogens is 1. The number of methoxy groups -OCH3 is 2. The average molecular weight is 356 g/mol. The van der Waals surface area contributed by atoms with E-state index in [0.29, 0.717) is 0 Å². The van der Waals surface area contributed by atoms with Crippen LogP contribution in [0.1, 0.15) is 15.3 Å². The van der Waals surface area contributed by atoms with E-state index < -0.39 is 0 Å². The smallest absolute Gasteiger partial charge is 0.174 e. The Hall–Kier alpha value is -1.04. The van der Waals surface area contributed by atoms with E-state index in [4.69, 9.17) is 9.47 Å². The number of nitrogens with one attached hydrogen (secondary N) is 1. The summed E-state index contributed by atoms with van der Waals surface area (Å²) in [6.07, 6.45) is 0. The van der Waals surface area contributed by atoms with E-state index in [1.807, 2.05) is 23.5 Å². The number of hydrogen-bond acceptors (Lipinski definition) is 4. The fraction of sp³-hybridized carbons (Fsp3) is 0.333. The van der Waals surface area contributed by atoms with Gasteiger partial charge in [0.1, 0.15) is 0 Å². The lowest BCUT2D eigenvalue weighted by molar-refractivity contribution is 0.352. The first kappa shape index (κ1) is 15.4. The van der Waals surface area contributed by atoms with E-state index in [9.17, 15) is 0 Å². The molecule has 0 unspecified atom stereocenters. The lowest BCUT2D eigenvalue weighted by Crippen LogP contribution is -2.12. The Balaban J connectivity index is 2.01. The molecule has 0 saturated heterocycles. The van der Waals surface area contributed by atoms with E-state index >= 15 is 0 Å². The van der Waals surface area contributed by atoms with Crippen LogP contribution in [0.5, 0.6) is 11.5 Å². The normalized spacial score (nSPS) is 10.6. The lowest BCUT2D eigenvalue weighted by Gasteiger charge is -2.12. The number of benzene rings is 1. The van der Waals surface area contributed by atoms with Crippen molar-refractivity contribution in [2.24, 2.45) is 0 Å². The van der Waals surface area contributed by atoms with Gasteiger partial charge in [-0.05, 0) is 52.7 Å². The summed E-state index contributed by atoms with van der Waals surface area (Å²) in [4.78, 5) is 2.69. The van der Waals surface area contributed by atoms with Crippen LogP contribution in [0, 0.1) is 6.92 Å². The Morgan fingerprint density at radius 1 is 1.15 bits per heavy atom. The zero-order chi connectivity index (χ0) is 14.5. The quantitative estimate of drug-likeness (QED) is 0.844. The maximum absolute atomic E-state index is 5.34. The van der Waals surface area contributed by atoms with Crippen LogP contribution in [0.2, 0.25) is 0 Å². The van der Waals surface area contributed by atoms with Crippen molar-refractivity contribution in [1.82, 2.24) is 5.32 Å². The fourth-order valence-electron chi connectivity index (χ4n) is 1.98. The first-order chi connectivity index (χ1) is 9.63. The van der Waals surface area contributed by atoms with Gasteiger partial charge in [0.05, 0.1) is 18.7 Å². The third kappa shape index (κ3) is 3.75. The lowest BCUT2D eigenvalue weighted by atomic mass is 10.2. The van der Waals surface area contributed by atoms with Gasteiger partial charge in [0.25, 0.3) is 0 Å². The Morgan fingerprint density at radius 3 is 2.55 bits per heavy atom. The van der Waals surface area contributed by atoms with Crippen molar-refractivity contribution in [3.8, 4) is 11.5 Å². The van der Waals surface area contributed by atoms with Crippen LogP contribution in [0.3, 0.4) is 0 Å². The van der Waals surface area contributed by atoms with Crippen LogP contribution in [-0.2, 0) is 13.1 Å². The first-order valence-corrected chi connectivity index (χ1v) is 7.91. The molecule has 1 N–H and O–H groups in total. The van der Waals surface area contributed by atoms with Crippen molar-refractivity contribution in [2.45, 2.75) is 20.0 Å². The van der Waals surface area contributed by atoms with Gasteiger partial charge in [0.2, 0.25) is 0 Å². The van der Waals surface area contributed by atoms with E-state index in [1.165, 1.54) is 9.75 Å². The second-order valence-electron chi connectivity index (χ2n) is 4.43. The minimum Gasteiger partial charge on any atom is -0.493 e. The van der Waals surface area contributed by atoms with Gasteiger partial charge in [-0.25, -0.2) is 0 Å². The number of ether oxygens (including phenoxy) is 2. The molecule has 2 rings (SSSR count). The summed E-state index contributed by atoms with van der Waals surface area (Å²) in [7, 11) is 3.29. The minimum absolute atomic E-state index is 0.727. The van der Waals surface area contributed by atoms with Crippen LogP contribution in [0.4, 0.5) is 0 Å². The highest BCUT2D eigenvalue weighted by molar-refractivity contribution is 9.10. The molecule has 108 valence electrons. The molecule has 0 radical (unpaired) electrons. The number of aryl methyl sites for hydroxylation is 1. The van der Waals surface area contributed by atoms with Gasteiger partial charge in [0, 0.05) is 22.8 Å². The first-order valence-electron chi connectivity index (χ1n) is 6.30. The standard InChI is InChI=1S/C15H18BrNO2S/c1-10-4-5-12(20-10)9-17-8-11-6-13(16)15(19-3)14(7-11)18-2/h4-7,17H,8-9H2,1-3H3. The van der Waals surface area contributed by atoms with Gasteiger partial charge in [0.15, 0.2) is 11.5 Å². The second kappa shape index (κ2) is 7.11. The molecule has 0 bridgehead atoms. The number of hydrogen-bond donors (Lipinski definition) is 1. The van der Waals surface area contributed by atoms with Crippen molar-refractivity contribution in [2.75, 3.05) is 14.2 Å². The van der Waals surface area contributed by atoms with Crippen LogP contribution in [-0.4, -0.2) is 14.2 Å². The molecule has 0 spiro atoms. The summed E-state index contributed by atoms with van der Waals surface area (Å²) in [6, 6.07) is 8.36. The molecule has 0 aliphatic rings. The summed E-state index contributed by atoms with van der Waals surface area (Å²) in [6.45, 7) is 3.79. The van der Waals surface area contributed by atoms with Crippen LogP contribution in [0.15, 0.2) is 28.7 Å². The third-order valence-electron chi connectivity index (χ3n) is 2.92. The molecule has 3 nitrogen and oxygen atoms in total. The molecule has 0 aliphatic carbocycles. The van der Waals surface area contributed by atoms with Crippen molar-refractivity contribution in [3.05, 3.63) is 44.1 Å². The molecular weight excluding hydrogens is 338 g/mol. The predicted octanol–water partition coefficient (Wildman–Crippen LogP) is 4.13. The molecule has 1 heterocycles. The van der Waals surface area contributed by atoms with Gasteiger partial charge in [-0.1, -0.05) is 0 Å². The van der Waals surface area contributed by atoms with Gasteiger partial charge in [-0.15, -0.1) is 11.3 Å². The zero-order valence-corrected chi connectivity index (χ0v) is 14.2. The second-order valence-corrected chi connectivity index (χ2v) is 6.66. The van der Waals surface area contributed by atoms with Gasteiger partial charge < -0.3 is 14.8 Å². The molecule has 0 saturated carbocycles. The maximum atomic E-state index is 5.34. The van der Waals surface area contributed by atoms with Crippen LogP contribution < -0.4 is 14.8 Å². The Kier molecular flexibility index (Phi) is 5.46. The van der Waals surface area contributed by atoms with E-state index in [2.05, 4.69) is 40.3 Å². The summed E-state index contributed by atoms with van der Waals surface area (Å²) in [5.74, 6) is 1.47. The summed E-state index contributed by atoms with van der Waals surface area (Å²) in [5.41, 5.74) is 1.16. The van der Waals surface area contributed by atoms with Crippen LogP contribution in [0.25, 0.3) is 0 Å². The molecule has 1 aromatic heterocycles. The SMILES string of the molecule is COc1cc(CNCc2ccc(C)s2)cc(Br)c1OC. The molecule has 0 amide bonds. The van der Waals surface area contributed by atoms with E-state index in [-0.39, 0.29) is 0 Å². The zero-order valence-electron chi connectivity index (χ0n) is 11.8. The molecule has 5 heteroatoms. The van der Waals surface area contributed by atoms with Crippen molar-refractivity contribution in [1.29, 1.82) is 0 Å². The Morgan fingerprint density at radius 2 is 1.95 bits per heavy atom. The molecule has 0 atom stereocenters. The largest absolute Gasteiger partial charge is 0.493 e. The molecule has 0 aliphatic heterocycles. The summed E-state index contributed by atoms with van der Waals surface area (Å²) >= 11 is 5.33. The minimum atomic E-state index is 0.727. The van der Waals surface area contributed by atoms with Gasteiger partial charge in [-0.3, -0.25) is 0 Å². The highest BCUT2D eigenvalue weighted by atomic mass is 79.9. The number of rotatable bonds is 6. The van der Waals surface area contributed by atoms with E-state index in [0.717, 1.165) is 34.6 Å². The summed E-state index contributed by atoms with van der Waals surface area (Å²) in [5, 5.41) is 3.44. The Bertz CT molecular complexity index is 583. The fourth-order valence-corrected chi connectivity index (χ4v) is 3.49. The van der Waals surface area contributed by atoms with Crippen molar-refractivity contribution >= 4 is 27.3 Å². The summed E-state index contributed by atoms with van der Waals surface area (Å²) < 4.78 is 11.6. The van der Waals surface area contributed by atoms with E-state index in [1.54, 1.807) is 14.2 Å². The average Bonchev–Trinajstić information content (AvgIpc) is 2.83. The Labute approximate surface area is 132 Å². The monoisotopic (exact) mass is 355 g/mol. The maximum Gasteiger partial charge on any atom is 0.174 e. The molecule has 0 fully saturated rings. The van der Waals surface area contributed by atoms with Crippen LogP contribution >= 0.6 is 27.3 Å². The molecule has 20 heavy (non-hydrogen) atoms.